The molecule has 0 fully saturated rings. The maximum absolute atomic E-state index is 14.9. The van der Waals surface area contributed by atoms with E-state index in [-0.39, 0.29) is 24.6 Å². The molecule has 0 saturated heterocycles. The van der Waals surface area contributed by atoms with Gasteiger partial charge in [-0.1, -0.05) is 13.3 Å². The van der Waals surface area contributed by atoms with Crippen LogP contribution < -0.4 is 0 Å². The van der Waals surface area contributed by atoms with E-state index >= 15 is 0 Å². The van der Waals surface area contributed by atoms with Gasteiger partial charge in [0.25, 0.3) is 0 Å². The van der Waals surface area contributed by atoms with Crippen LogP contribution in [-0.4, -0.2) is 56.3 Å². The van der Waals surface area contributed by atoms with Gasteiger partial charge in [-0.3, -0.25) is 0 Å². The third-order valence-corrected chi connectivity index (χ3v) is 17.7. The second-order valence-corrected chi connectivity index (χ2v) is 19.9. The van der Waals surface area contributed by atoms with Gasteiger partial charge >= 0.3 is 247 Å². The van der Waals surface area contributed by atoms with Gasteiger partial charge in [-0.25, -0.2) is 0 Å². The first kappa shape index (κ1) is 43.7. The molecule has 0 rings (SSSR count). The molecule has 0 radical (unpaired) electrons. The number of rotatable bonds is 27. The van der Waals surface area contributed by atoms with Crippen LogP contribution >= 0.6 is 6.83 Å². The summed E-state index contributed by atoms with van der Waals surface area (Å²) in [5.41, 5.74) is 0. The summed E-state index contributed by atoms with van der Waals surface area (Å²) in [4.78, 5) is 0. The fourth-order valence-electron chi connectivity index (χ4n) is 5.69. The topological polar surface area (TPSA) is 43.4 Å². The first-order chi connectivity index (χ1) is 20.3. The van der Waals surface area contributed by atoms with Gasteiger partial charge in [-0.15, -0.1) is 0 Å². The molecule has 0 N–H and O–H groups in total. The monoisotopic (exact) mass is 698 g/mol. The van der Waals surface area contributed by atoms with Crippen molar-refractivity contribution in [3.8, 4) is 0 Å². The predicted octanol–water partition coefficient (Wildman–Crippen LogP) is 12.3. The van der Waals surface area contributed by atoms with E-state index in [1.165, 1.54) is 32.1 Å². The zero-order valence-electron chi connectivity index (χ0n) is 27.0. The molecule has 0 aliphatic carbocycles. The van der Waals surface area contributed by atoms with Crippen LogP contribution in [0.15, 0.2) is 0 Å². The molecule has 0 heterocycles. The van der Waals surface area contributed by atoms with Crippen molar-refractivity contribution in [2.45, 2.75) is 167 Å². The molecule has 0 aromatic rings. The van der Waals surface area contributed by atoms with E-state index in [0.717, 1.165) is 32.1 Å². The summed E-state index contributed by atoms with van der Waals surface area (Å²) in [6.45, 7) is 3.06. The van der Waals surface area contributed by atoms with Gasteiger partial charge in [0, 0.05) is 0 Å². The Morgan fingerprint density at radius 3 is 1.07 bits per heavy atom. The van der Waals surface area contributed by atoms with Crippen molar-refractivity contribution in [1.82, 2.24) is 0 Å². The Labute approximate surface area is 260 Å². The fraction of sp³-hybridized carbons (Fsp3) is 1.00. The Morgan fingerprint density at radius 2 is 0.750 bits per heavy atom. The Balaban J connectivity index is 6.16. The van der Waals surface area contributed by atoms with Crippen LogP contribution in [0.1, 0.15) is 143 Å². The molecule has 0 saturated carbocycles. The molecule has 0 bridgehead atoms. The Morgan fingerprint density at radius 1 is 0.455 bits per heavy atom. The van der Waals surface area contributed by atoms with Gasteiger partial charge < -0.3 is 0 Å². The minimum absolute atomic E-state index is 0.000423. The van der Waals surface area contributed by atoms with Crippen molar-refractivity contribution in [2.24, 2.45) is 0 Å². The van der Waals surface area contributed by atoms with Gasteiger partial charge in [-0.05, 0) is 0 Å². The number of hydrogen-bond acceptors (Lipinski definition) is 3. The fourth-order valence-corrected chi connectivity index (χ4v) is 15.6. The molecule has 0 spiro atoms. The Hall–Kier alpha value is -0.290. The summed E-state index contributed by atoms with van der Waals surface area (Å²) in [6, 6.07) is 0. The molecule has 0 amide bonds. The van der Waals surface area contributed by atoms with E-state index in [2.05, 4.69) is 6.92 Å². The summed E-state index contributed by atoms with van der Waals surface area (Å²) in [7, 11) is -6.94. The molecule has 268 valence electrons. The zero-order chi connectivity index (χ0) is 34.2. The average molecular weight is 699 g/mol. The molecule has 0 unspecified atom stereocenters. The van der Waals surface area contributed by atoms with Crippen LogP contribution in [0.4, 0.5) is 39.5 Å². The number of unbranched alkanes of at least 4 members (excludes halogenated alkanes) is 14. The van der Waals surface area contributed by atoms with E-state index < -0.39 is 40.2 Å². The SMILES string of the molecule is CCCCCCCCCCCCCCP(CCCC)(CCCC)(CCCC)OS(=O)(=O)C(F)(F)C(F)(F)C(F)(F)C(F)(F)F. The van der Waals surface area contributed by atoms with Crippen molar-refractivity contribution in [2.75, 3.05) is 24.6 Å². The molecular formula is C30H56F9O3PS. The number of halogens is 9. The van der Waals surface area contributed by atoms with Gasteiger partial charge in [0.1, 0.15) is 0 Å². The van der Waals surface area contributed by atoms with Gasteiger partial charge in [0.2, 0.25) is 0 Å². The second-order valence-electron chi connectivity index (χ2n) is 12.4. The van der Waals surface area contributed by atoms with E-state index in [4.69, 9.17) is 3.97 Å². The standard InChI is InChI=1S/C30H56F9O3PS/c1-5-9-13-14-15-16-17-18-19-20-21-22-26-43(23-10-6-2,24-11-7-3,25-12-8-4)42-44(40,41)30(38,39)28(33,34)27(31,32)29(35,36)37/h5-26H2,1-4H3. The normalized spacial score (nSPS) is 15.0. The summed E-state index contributed by atoms with van der Waals surface area (Å²) >= 11 is 0. The third-order valence-electron chi connectivity index (χ3n) is 8.55. The predicted molar refractivity (Wildman–Crippen MR) is 163 cm³/mol. The maximum atomic E-state index is 14.9. The van der Waals surface area contributed by atoms with E-state index in [0.29, 0.717) is 51.4 Å². The number of hydrogen-bond donors (Lipinski definition) is 0. The quantitative estimate of drug-likeness (QED) is 0.0487. The first-order valence-corrected chi connectivity index (χ1v) is 20.7. The van der Waals surface area contributed by atoms with Gasteiger partial charge in [-0.2, -0.15) is 0 Å². The van der Waals surface area contributed by atoms with Crippen molar-refractivity contribution in [3.63, 3.8) is 0 Å². The van der Waals surface area contributed by atoms with Crippen LogP contribution in [-0.2, 0) is 14.1 Å². The van der Waals surface area contributed by atoms with Crippen molar-refractivity contribution in [3.05, 3.63) is 0 Å². The molecule has 0 atom stereocenters. The molecule has 0 aromatic heterocycles. The van der Waals surface area contributed by atoms with Crippen molar-refractivity contribution >= 4 is 16.9 Å². The van der Waals surface area contributed by atoms with Crippen LogP contribution in [0.25, 0.3) is 0 Å². The zero-order valence-corrected chi connectivity index (χ0v) is 28.7. The van der Waals surface area contributed by atoms with E-state index in [1.807, 2.05) is 0 Å². The average Bonchev–Trinajstić information content (AvgIpc) is 2.93. The molecule has 0 aromatic carbocycles. The van der Waals surface area contributed by atoms with E-state index in [1.54, 1.807) is 20.8 Å². The van der Waals surface area contributed by atoms with Crippen LogP contribution in [0.3, 0.4) is 0 Å². The minimum atomic E-state index is -7.32. The van der Waals surface area contributed by atoms with Crippen molar-refractivity contribution < 1.29 is 51.9 Å². The third kappa shape index (κ3) is 11.7. The van der Waals surface area contributed by atoms with Crippen molar-refractivity contribution in [1.29, 1.82) is 0 Å². The summed E-state index contributed by atoms with van der Waals surface area (Å²) in [6.07, 6.45) is 7.02. The van der Waals surface area contributed by atoms with E-state index in [9.17, 15) is 47.9 Å². The molecule has 0 aliphatic rings. The molecule has 44 heavy (non-hydrogen) atoms. The second kappa shape index (κ2) is 18.9. The molecule has 14 heteroatoms. The molecular weight excluding hydrogens is 642 g/mol. The summed E-state index contributed by atoms with van der Waals surface area (Å²) in [5, 5.41) is -6.83. The Kier molecular flexibility index (Phi) is 18.8. The van der Waals surface area contributed by atoms with Crippen LogP contribution in [0, 0.1) is 0 Å². The van der Waals surface area contributed by atoms with Crippen LogP contribution in [0.2, 0.25) is 0 Å². The number of alkyl halides is 9. The van der Waals surface area contributed by atoms with Gasteiger partial charge in [0.15, 0.2) is 0 Å². The molecule has 0 aliphatic heterocycles. The van der Waals surface area contributed by atoms with Gasteiger partial charge in [0.05, 0.1) is 0 Å². The summed E-state index contributed by atoms with van der Waals surface area (Å²) in [5.74, 6) is -14.6. The van der Waals surface area contributed by atoms with Crippen LogP contribution in [0.5, 0.6) is 0 Å². The first-order valence-electron chi connectivity index (χ1n) is 16.4. The Bertz CT molecular complexity index is 872. The summed E-state index contributed by atoms with van der Waals surface area (Å²) < 4.78 is 155. The molecule has 3 nitrogen and oxygen atoms in total.